The summed E-state index contributed by atoms with van der Waals surface area (Å²) >= 11 is 0. The van der Waals surface area contributed by atoms with Crippen LogP contribution < -0.4 is 0 Å². The zero-order valence-corrected chi connectivity index (χ0v) is 8.03. The van der Waals surface area contributed by atoms with Crippen LogP contribution in [0.15, 0.2) is 0 Å². The zero-order valence-electron chi connectivity index (χ0n) is 8.03. The van der Waals surface area contributed by atoms with Crippen LogP contribution in [0.1, 0.15) is 26.7 Å². The molecule has 2 aliphatic rings. The van der Waals surface area contributed by atoms with Gasteiger partial charge in [-0.3, -0.25) is 0 Å². The molecule has 2 nitrogen and oxygen atoms in total. The van der Waals surface area contributed by atoms with Crippen LogP contribution in [-0.2, 0) is 0 Å². The van der Waals surface area contributed by atoms with E-state index in [0.717, 1.165) is 13.1 Å². The van der Waals surface area contributed by atoms with E-state index in [1.165, 1.54) is 12.8 Å². The summed E-state index contributed by atoms with van der Waals surface area (Å²) in [5.74, 6) is 1.15. The third-order valence-corrected chi connectivity index (χ3v) is 3.54. The van der Waals surface area contributed by atoms with Gasteiger partial charge in [0.15, 0.2) is 0 Å². The number of nitrogens with zero attached hydrogens (tertiary/aromatic N) is 1. The van der Waals surface area contributed by atoms with Crippen LogP contribution in [0.4, 0.5) is 0 Å². The molecule has 2 fully saturated rings. The zero-order chi connectivity index (χ0) is 8.72. The number of fused-ring (bicyclic) bond motifs is 2. The number of likely N-dealkylation sites (tertiary alicyclic amines) is 1. The molecule has 2 rings (SSSR count). The minimum absolute atomic E-state index is 0.0139. The van der Waals surface area contributed by atoms with Crippen molar-refractivity contribution in [1.82, 2.24) is 4.90 Å². The average molecular weight is 169 g/mol. The number of aliphatic hydroxyl groups excluding tert-OH is 1. The van der Waals surface area contributed by atoms with Crippen LogP contribution in [0, 0.1) is 11.8 Å². The van der Waals surface area contributed by atoms with Crippen molar-refractivity contribution in [2.24, 2.45) is 11.8 Å². The van der Waals surface area contributed by atoms with Gasteiger partial charge in [-0.05, 0) is 38.5 Å². The molecule has 3 atom stereocenters. The lowest BCUT2D eigenvalue weighted by Crippen LogP contribution is -2.47. The molecule has 0 aromatic carbocycles. The lowest BCUT2D eigenvalue weighted by molar-refractivity contribution is 0.00571. The number of aliphatic hydroxyl groups is 1. The SMILES string of the molecule is CC(C)N1CC2CC[C@H](C1)C2O. The van der Waals surface area contributed by atoms with Crippen LogP contribution in [0.25, 0.3) is 0 Å². The maximum Gasteiger partial charge on any atom is 0.0620 e. The first-order valence-corrected chi connectivity index (χ1v) is 5.10. The molecule has 1 saturated carbocycles. The summed E-state index contributed by atoms with van der Waals surface area (Å²) in [5, 5.41) is 9.78. The second kappa shape index (κ2) is 3.00. The van der Waals surface area contributed by atoms with Gasteiger partial charge in [-0.15, -0.1) is 0 Å². The smallest absolute Gasteiger partial charge is 0.0620 e. The molecule has 0 spiro atoms. The summed E-state index contributed by atoms with van der Waals surface area (Å²) in [4.78, 5) is 2.51. The first kappa shape index (κ1) is 8.52. The monoisotopic (exact) mass is 169 g/mol. The van der Waals surface area contributed by atoms with Gasteiger partial charge in [0.2, 0.25) is 0 Å². The molecular formula is C10H19NO. The van der Waals surface area contributed by atoms with Crippen LogP contribution in [0.2, 0.25) is 0 Å². The normalized spacial score (nSPS) is 42.5. The van der Waals surface area contributed by atoms with Gasteiger partial charge in [0.1, 0.15) is 0 Å². The van der Waals surface area contributed by atoms with Crippen molar-refractivity contribution in [3.8, 4) is 0 Å². The van der Waals surface area contributed by atoms with Crippen molar-refractivity contribution in [2.45, 2.75) is 38.8 Å². The highest BCUT2D eigenvalue weighted by atomic mass is 16.3. The van der Waals surface area contributed by atoms with Gasteiger partial charge < -0.3 is 10.0 Å². The molecule has 2 heteroatoms. The summed E-state index contributed by atoms with van der Waals surface area (Å²) in [7, 11) is 0. The third-order valence-electron chi connectivity index (χ3n) is 3.54. The summed E-state index contributed by atoms with van der Waals surface area (Å²) in [5.41, 5.74) is 0. The molecule has 0 radical (unpaired) electrons. The number of piperidine rings is 1. The summed E-state index contributed by atoms with van der Waals surface area (Å²) in [6, 6.07) is 0.653. The standard InChI is InChI=1S/C10H19NO/c1-7(2)11-5-8-3-4-9(6-11)10(8)12/h7-10,12H,3-6H2,1-2H3/t8-,9?,10?/m1/s1. The minimum atomic E-state index is 0.0139. The first-order valence-electron chi connectivity index (χ1n) is 5.10. The van der Waals surface area contributed by atoms with E-state index in [4.69, 9.17) is 0 Å². The van der Waals surface area contributed by atoms with Crippen LogP contribution in [-0.4, -0.2) is 35.2 Å². The second-order valence-electron chi connectivity index (χ2n) is 4.64. The summed E-state index contributed by atoms with van der Waals surface area (Å²) in [6.07, 6.45) is 2.50. The Morgan fingerprint density at radius 1 is 1.17 bits per heavy atom. The Morgan fingerprint density at radius 2 is 1.67 bits per heavy atom. The fourth-order valence-electron chi connectivity index (χ4n) is 2.65. The van der Waals surface area contributed by atoms with Crippen LogP contribution in [0.3, 0.4) is 0 Å². The largest absolute Gasteiger partial charge is 0.392 e. The predicted molar refractivity (Wildman–Crippen MR) is 48.9 cm³/mol. The molecule has 0 aromatic heterocycles. The number of hydrogen-bond acceptors (Lipinski definition) is 2. The Morgan fingerprint density at radius 3 is 2.08 bits per heavy atom. The molecule has 2 unspecified atom stereocenters. The van der Waals surface area contributed by atoms with Crippen LogP contribution in [0.5, 0.6) is 0 Å². The van der Waals surface area contributed by atoms with E-state index < -0.39 is 0 Å². The van der Waals surface area contributed by atoms with E-state index in [9.17, 15) is 5.11 Å². The molecule has 0 aromatic rings. The molecule has 1 saturated heterocycles. The van der Waals surface area contributed by atoms with Gasteiger partial charge in [0.25, 0.3) is 0 Å². The maximum absolute atomic E-state index is 9.78. The van der Waals surface area contributed by atoms with Crippen molar-refractivity contribution < 1.29 is 5.11 Å². The Bertz CT molecular complexity index is 155. The Balaban J connectivity index is 2.02. The quantitative estimate of drug-likeness (QED) is 0.635. The first-order chi connectivity index (χ1) is 5.68. The summed E-state index contributed by atoms with van der Waals surface area (Å²) < 4.78 is 0. The molecular weight excluding hydrogens is 150 g/mol. The van der Waals surface area contributed by atoms with Crippen molar-refractivity contribution >= 4 is 0 Å². The van der Waals surface area contributed by atoms with Crippen molar-refractivity contribution in [3.63, 3.8) is 0 Å². The van der Waals surface area contributed by atoms with E-state index in [1.807, 2.05) is 0 Å². The lowest BCUT2D eigenvalue weighted by Gasteiger charge is -2.37. The fraction of sp³-hybridized carbons (Fsp3) is 1.00. The Labute approximate surface area is 74.6 Å². The lowest BCUT2D eigenvalue weighted by atomic mass is 9.94. The van der Waals surface area contributed by atoms with E-state index in [0.29, 0.717) is 17.9 Å². The highest BCUT2D eigenvalue weighted by Crippen LogP contribution is 2.37. The Kier molecular flexibility index (Phi) is 2.13. The van der Waals surface area contributed by atoms with E-state index in [2.05, 4.69) is 18.7 Å². The number of rotatable bonds is 1. The van der Waals surface area contributed by atoms with E-state index >= 15 is 0 Å². The Hall–Kier alpha value is -0.0800. The fourth-order valence-corrected chi connectivity index (χ4v) is 2.65. The number of hydrogen-bond donors (Lipinski definition) is 1. The van der Waals surface area contributed by atoms with E-state index in [1.54, 1.807) is 0 Å². The maximum atomic E-state index is 9.78. The summed E-state index contributed by atoms with van der Waals surface area (Å²) in [6.45, 7) is 6.74. The molecule has 2 bridgehead atoms. The molecule has 1 N–H and O–H groups in total. The molecule has 1 heterocycles. The molecule has 12 heavy (non-hydrogen) atoms. The van der Waals surface area contributed by atoms with Crippen molar-refractivity contribution in [2.75, 3.05) is 13.1 Å². The molecule has 1 aliphatic carbocycles. The second-order valence-corrected chi connectivity index (χ2v) is 4.64. The van der Waals surface area contributed by atoms with Gasteiger partial charge in [-0.2, -0.15) is 0 Å². The van der Waals surface area contributed by atoms with Crippen molar-refractivity contribution in [1.29, 1.82) is 0 Å². The third kappa shape index (κ3) is 1.27. The molecule has 1 aliphatic heterocycles. The van der Waals surface area contributed by atoms with Crippen LogP contribution >= 0.6 is 0 Å². The average Bonchev–Trinajstić information content (AvgIpc) is 2.30. The molecule has 0 amide bonds. The van der Waals surface area contributed by atoms with Gasteiger partial charge in [-0.1, -0.05) is 0 Å². The molecule has 70 valence electrons. The highest BCUT2D eigenvalue weighted by Gasteiger charge is 2.41. The van der Waals surface area contributed by atoms with Gasteiger partial charge in [-0.25, -0.2) is 0 Å². The predicted octanol–water partition coefficient (Wildman–Crippen LogP) is 1.10. The van der Waals surface area contributed by atoms with E-state index in [-0.39, 0.29) is 6.10 Å². The van der Waals surface area contributed by atoms with Gasteiger partial charge >= 0.3 is 0 Å². The van der Waals surface area contributed by atoms with Gasteiger partial charge in [0, 0.05) is 19.1 Å². The van der Waals surface area contributed by atoms with Crippen molar-refractivity contribution in [3.05, 3.63) is 0 Å². The topological polar surface area (TPSA) is 23.5 Å². The highest BCUT2D eigenvalue weighted by molar-refractivity contribution is 4.93. The van der Waals surface area contributed by atoms with Gasteiger partial charge in [0.05, 0.1) is 6.10 Å². The minimum Gasteiger partial charge on any atom is -0.392 e.